The molecular weight excluding hydrogens is 398 g/mol. The molecule has 0 spiro atoms. The number of likely N-dealkylation sites (tertiary alicyclic amines) is 2. The molecule has 0 radical (unpaired) electrons. The summed E-state index contributed by atoms with van der Waals surface area (Å²) < 4.78 is 11.0. The van der Waals surface area contributed by atoms with Crippen molar-refractivity contribution in [3.05, 3.63) is 29.8 Å². The highest BCUT2D eigenvalue weighted by Gasteiger charge is 2.23. The standard InChI is InChI=1S/C23H35N3O5/c1-30-16-10-22(28)26-13-8-21(9-14-26)31-20-6-4-18(5-7-20)23(29)24-11-15-25-12-2-3-19(27)17-25/h4-7,19,21,27H,2-3,8-17H2,1H3,(H,24,29)/t19-/m1/s1. The van der Waals surface area contributed by atoms with E-state index >= 15 is 0 Å². The molecule has 0 aliphatic carbocycles. The Balaban J connectivity index is 1.37. The van der Waals surface area contributed by atoms with E-state index in [-0.39, 0.29) is 24.0 Å². The molecule has 2 aliphatic heterocycles. The summed E-state index contributed by atoms with van der Waals surface area (Å²) in [6, 6.07) is 7.20. The highest BCUT2D eigenvalue weighted by Crippen LogP contribution is 2.20. The van der Waals surface area contributed by atoms with E-state index in [0.717, 1.165) is 44.5 Å². The number of ether oxygens (including phenoxy) is 2. The molecule has 172 valence electrons. The Morgan fingerprint density at radius 3 is 2.55 bits per heavy atom. The third-order valence-corrected chi connectivity index (χ3v) is 5.93. The smallest absolute Gasteiger partial charge is 0.251 e. The molecule has 0 saturated carbocycles. The lowest BCUT2D eigenvalue weighted by atomic mass is 10.1. The Labute approximate surface area is 184 Å². The number of rotatable bonds is 9. The number of β-amino-alcohol motifs (C(OH)–C–C–N with tert-alkyl or cyclic N) is 1. The van der Waals surface area contributed by atoms with E-state index in [0.29, 0.717) is 44.8 Å². The van der Waals surface area contributed by atoms with Gasteiger partial charge >= 0.3 is 0 Å². The minimum absolute atomic E-state index is 0.0750. The number of piperidine rings is 2. The Kier molecular flexibility index (Phi) is 9.12. The van der Waals surface area contributed by atoms with E-state index in [9.17, 15) is 14.7 Å². The van der Waals surface area contributed by atoms with Crippen LogP contribution >= 0.6 is 0 Å². The van der Waals surface area contributed by atoms with Gasteiger partial charge in [-0.25, -0.2) is 0 Å². The van der Waals surface area contributed by atoms with Gasteiger partial charge in [0, 0.05) is 58.2 Å². The Morgan fingerprint density at radius 2 is 1.87 bits per heavy atom. The lowest BCUT2D eigenvalue weighted by molar-refractivity contribution is -0.133. The van der Waals surface area contributed by atoms with Gasteiger partial charge in [0.05, 0.1) is 19.1 Å². The maximum absolute atomic E-state index is 12.4. The van der Waals surface area contributed by atoms with Crippen molar-refractivity contribution in [1.29, 1.82) is 0 Å². The Morgan fingerprint density at radius 1 is 1.13 bits per heavy atom. The van der Waals surface area contributed by atoms with Crippen molar-refractivity contribution < 1.29 is 24.2 Å². The second-order valence-electron chi connectivity index (χ2n) is 8.32. The zero-order valence-electron chi connectivity index (χ0n) is 18.4. The van der Waals surface area contributed by atoms with E-state index in [1.165, 1.54) is 0 Å². The lowest BCUT2D eigenvalue weighted by Crippen LogP contribution is -2.42. The third kappa shape index (κ3) is 7.48. The predicted molar refractivity (Wildman–Crippen MR) is 117 cm³/mol. The molecule has 2 saturated heterocycles. The molecule has 1 atom stereocenters. The molecular formula is C23H35N3O5. The van der Waals surface area contributed by atoms with Gasteiger partial charge in [-0.15, -0.1) is 0 Å². The molecule has 2 N–H and O–H groups in total. The van der Waals surface area contributed by atoms with E-state index in [1.54, 1.807) is 19.2 Å². The SMILES string of the molecule is COCCC(=O)N1CCC(Oc2ccc(C(=O)NCCN3CCC[C@@H](O)C3)cc2)CC1. The molecule has 0 bridgehead atoms. The van der Waals surface area contributed by atoms with Gasteiger partial charge < -0.3 is 24.8 Å². The van der Waals surface area contributed by atoms with Gasteiger partial charge in [0.1, 0.15) is 11.9 Å². The lowest BCUT2D eigenvalue weighted by Gasteiger charge is -2.32. The number of nitrogens with zero attached hydrogens (tertiary/aromatic N) is 2. The summed E-state index contributed by atoms with van der Waals surface area (Å²) in [4.78, 5) is 28.5. The number of nitrogens with one attached hydrogen (secondary N) is 1. The first-order valence-electron chi connectivity index (χ1n) is 11.3. The van der Waals surface area contributed by atoms with Crippen LogP contribution in [0.3, 0.4) is 0 Å². The third-order valence-electron chi connectivity index (χ3n) is 5.93. The molecule has 8 nitrogen and oxygen atoms in total. The first kappa shape index (κ1) is 23.5. The summed E-state index contributed by atoms with van der Waals surface area (Å²) >= 11 is 0. The molecule has 1 aromatic rings. The molecule has 0 unspecified atom stereocenters. The van der Waals surface area contributed by atoms with Crippen LogP contribution in [0, 0.1) is 0 Å². The molecule has 8 heteroatoms. The zero-order valence-corrected chi connectivity index (χ0v) is 18.4. The fourth-order valence-electron chi connectivity index (χ4n) is 4.11. The minimum Gasteiger partial charge on any atom is -0.490 e. The van der Waals surface area contributed by atoms with Gasteiger partial charge in [-0.2, -0.15) is 0 Å². The minimum atomic E-state index is -0.250. The molecule has 3 rings (SSSR count). The molecule has 2 amide bonds. The van der Waals surface area contributed by atoms with E-state index in [1.807, 2.05) is 17.0 Å². The highest BCUT2D eigenvalue weighted by atomic mass is 16.5. The topological polar surface area (TPSA) is 91.3 Å². The molecule has 2 heterocycles. The quantitative estimate of drug-likeness (QED) is 0.610. The first-order valence-corrected chi connectivity index (χ1v) is 11.3. The van der Waals surface area contributed by atoms with Crippen LogP contribution in [0.15, 0.2) is 24.3 Å². The van der Waals surface area contributed by atoms with Gasteiger partial charge in [-0.3, -0.25) is 14.5 Å². The van der Waals surface area contributed by atoms with Crippen LogP contribution in [0.25, 0.3) is 0 Å². The van der Waals surface area contributed by atoms with E-state index < -0.39 is 0 Å². The second kappa shape index (κ2) is 12.0. The zero-order chi connectivity index (χ0) is 22.1. The molecule has 0 aromatic heterocycles. The van der Waals surface area contributed by atoms with Crippen LogP contribution < -0.4 is 10.1 Å². The predicted octanol–water partition coefficient (Wildman–Crippen LogP) is 1.28. The largest absolute Gasteiger partial charge is 0.490 e. The summed E-state index contributed by atoms with van der Waals surface area (Å²) in [5.74, 6) is 0.766. The number of benzene rings is 1. The number of amides is 2. The number of hydrogen-bond donors (Lipinski definition) is 2. The Hall–Kier alpha value is -2.16. The van der Waals surface area contributed by atoms with Crippen molar-refractivity contribution in [2.45, 2.75) is 44.3 Å². The number of methoxy groups -OCH3 is 1. The number of hydrogen-bond acceptors (Lipinski definition) is 6. The van der Waals surface area contributed by atoms with Crippen molar-refractivity contribution in [2.24, 2.45) is 0 Å². The number of carbonyl (C=O) groups excluding carboxylic acids is 2. The van der Waals surface area contributed by atoms with Crippen molar-refractivity contribution >= 4 is 11.8 Å². The second-order valence-corrected chi connectivity index (χ2v) is 8.32. The molecule has 2 aliphatic rings. The fourth-order valence-corrected chi connectivity index (χ4v) is 4.11. The van der Waals surface area contributed by atoms with Crippen molar-refractivity contribution in [3.63, 3.8) is 0 Å². The van der Waals surface area contributed by atoms with Gasteiger partial charge in [0.15, 0.2) is 0 Å². The summed E-state index contributed by atoms with van der Waals surface area (Å²) in [6.07, 6.45) is 3.71. The Bertz CT molecular complexity index is 704. The van der Waals surface area contributed by atoms with Gasteiger partial charge in [-0.1, -0.05) is 0 Å². The van der Waals surface area contributed by atoms with E-state index in [4.69, 9.17) is 9.47 Å². The summed E-state index contributed by atoms with van der Waals surface area (Å²) in [7, 11) is 1.60. The normalized spacial score (nSPS) is 20.5. The number of aliphatic hydroxyl groups excluding tert-OH is 1. The van der Waals surface area contributed by atoms with Crippen LogP contribution in [0.4, 0.5) is 0 Å². The maximum Gasteiger partial charge on any atom is 0.251 e. The summed E-state index contributed by atoms with van der Waals surface area (Å²) in [5, 5.41) is 12.7. The van der Waals surface area contributed by atoms with Crippen LogP contribution in [0.2, 0.25) is 0 Å². The number of aliphatic hydroxyl groups is 1. The van der Waals surface area contributed by atoms with Gasteiger partial charge in [-0.05, 0) is 43.7 Å². The van der Waals surface area contributed by atoms with E-state index in [2.05, 4.69) is 10.2 Å². The fraction of sp³-hybridized carbons (Fsp3) is 0.652. The van der Waals surface area contributed by atoms with Crippen LogP contribution in [0.1, 0.15) is 42.5 Å². The van der Waals surface area contributed by atoms with Crippen molar-refractivity contribution in [2.75, 3.05) is 53.0 Å². The van der Waals surface area contributed by atoms with Crippen molar-refractivity contribution in [1.82, 2.24) is 15.1 Å². The highest BCUT2D eigenvalue weighted by molar-refractivity contribution is 5.94. The molecule has 2 fully saturated rings. The molecule has 1 aromatic carbocycles. The molecule has 31 heavy (non-hydrogen) atoms. The van der Waals surface area contributed by atoms with Crippen LogP contribution in [-0.2, 0) is 9.53 Å². The average Bonchev–Trinajstić information content (AvgIpc) is 2.78. The van der Waals surface area contributed by atoms with Crippen molar-refractivity contribution in [3.8, 4) is 5.75 Å². The van der Waals surface area contributed by atoms with Crippen LogP contribution in [0.5, 0.6) is 5.75 Å². The summed E-state index contributed by atoms with van der Waals surface area (Å²) in [5.41, 5.74) is 0.601. The number of carbonyl (C=O) groups is 2. The van der Waals surface area contributed by atoms with Gasteiger partial charge in [0.25, 0.3) is 5.91 Å². The van der Waals surface area contributed by atoms with Crippen LogP contribution in [-0.4, -0.2) is 91.9 Å². The maximum atomic E-state index is 12.4. The monoisotopic (exact) mass is 433 g/mol. The van der Waals surface area contributed by atoms with Gasteiger partial charge in [0.2, 0.25) is 5.91 Å². The first-order chi connectivity index (χ1) is 15.0. The average molecular weight is 434 g/mol. The summed E-state index contributed by atoms with van der Waals surface area (Å²) in [6.45, 7) is 4.81.